The Bertz CT molecular complexity index is 311. The molecule has 0 heterocycles. The summed E-state index contributed by atoms with van der Waals surface area (Å²) in [6.07, 6.45) is 5.18. The highest BCUT2D eigenvalue weighted by atomic mass is 32.2. The van der Waals surface area contributed by atoms with Crippen LogP contribution in [0.3, 0.4) is 0 Å². The fourth-order valence-electron chi connectivity index (χ4n) is 2.27. The Morgan fingerprint density at radius 2 is 1.44 bits per heavy atom. The first kappa shape index (κ1) is 13.9. The fraction of sp³-hybridized carbons (Fsp3) is 1.00. The summed E-state index contributed by atoms with van der Waals surface area (Å²) in [5.74, 6) is 0. The van der Waals surface area contributed by atoms with E-state index in [4.69, 9.17) is 0 Å². The maximum absolute atomic E-state index is 11.1. The lowest BCUT2D eigenvalue weighted by molar-refractivity contribution is 0.274. The van der Waals surface area contributed by atoms with Gasteiger partial charge in [0, 0.05) is 17.6 Å². The molecule has 0 aromatic heterocycles. The monoisotopic (exact) mass is 248 g/mol. The van der Waals surface area contributed by atoms with Gasteiger partial charge in [-0.25, -0.2) is 13.1 Å². The van der Waals surface area contributed by atoms with Gasteiger partial charge in [-0.1, -0.05) is 0 Å². The van der Waals surface area contributed by atoms with Crippen LogP contribution in [0.2, 0.25) is 0 Å². The second-order valence-electron chi connectivity index (χ2n) is 5.83. The third-order valence-corrected chi connectivity index (χ3v) is 3.51. The molecule has 1 saturated carbocycles. The Morgan fingerprint density at radius 3 is 1.81 bits per heavy atom. The smallest absolute Gasteiger partial charge is 0.208 e. The molecular formula is C11H24N2O2S. The van der Waals surface area contributed by atoms with E-state index in [2.05, 4.69) is 30.8 Å². The molecule has 0 aromatic carbocycles. The van der Waals surface area contributed by atoms with Gasteiger partial charge in [0.05, 0.1) is 6.26 Å². The van der Waals surface area contributed by atoms with Crippen LogP contribution in [-0.4, -0.2) is 32.3 Å². The summed E-state index contributed by atoms with van der Waals surface area (Å²) in [4.78, 5) is 0. The molecule has 96 valence electrons. The molecule has 0 unspecified atom stereocenters. The Kier molecular flexibility index (Phi) is 4.37. The first-order valence-corrected chi connectivity index (χ1v) is 7.80. The van der Waals surface area contributed by atoms with Crippen LogP contribution in [0.15, 0.2) is 0 Å². The summed E-state index contributed by atoms with van der Waals surface area (Å²) < 4.78 is 24.9. The molecule has 0 radical (unpaired) electrons. The lowest BCUT2D eigenvalue weighted by Crippen LogP contribution is -2.47. The second kappa shape index (κ2) is 5.02. The van der Waals surface area contributed by atoms with E-state index in [0.29, 0.717) is 6.04 Å². The SMILES string of the molecule is CC(C)(C)NC1CCC(NS(C)(=O)=O)CC1. The maximum Gasteiger partial charge on any atom is 0.208 e. The molecular weight excluding hydrogens is 224 g/mol. The van der Waals surface area contributed by atoms with Crippen LogP contribution in [0.4, 0.5) is 0 Å². The third kappa shape index (κ3) is 5.82. The molecule has 1 aliphatic rings. The number of rotatable bonds is 3. The average Bonchev–Trinajstić information content (AvgIpc) is 2.03. The molecule has 0 amide bonds. The van der Waals surface area contributed by atoms with Gasteiger partial charge >= 0.3 is 0 Å². The third-order valence-electron chi connectivity index (χ3n) is 2.75. The van der Waals surface area contributed by atoms with Gasteiger partial charge in [0.25, 0.3) is 0 Å². The van der Waals surface area contributed by atoms with Crippen LogP contribution in [0.1, 0.15) is 46.5 Å². The van der Waals surface area contributed by atoms with E-state index < -0.39 is 10.0 Å². The van der Waals surface area contributed by atoms with Gasteiger partial charge in [-0.15, -0.1) is 0 Å². The molecule has 0 bridgehead atoms. The minimum Gasteiger partial charge on any atom is -0.309 e. The van der Waals surface area contributed by atoms with E-state index in [-0.39, 0.29) is 11.6 Å². The van der Waals surface area contributed by atoms with E-state index in [1.54, 1.807) is 0 Å². The zero-order valence-electron chi connectivity index (χ0n) is 10.7. The zero-order chi connectivity index (χ0) is 12.4. The van der Waals surface area contributed by atoms with Crippen molar-refractivity contribution in [1.29, 1.82) is 0 Å². The van der Waals surface area contributed by atoms with Gasteiger partial charge in [0.1, 0.15) is 0 Å². The molecule has 0 aromatic rings. The van der Waals surface area contributed by atoms with Crippen LogP contribution >= 0.6 is 0 Å². The molecule has 1 aliphatic carbocycles. The summed E-state index contributed by atoms with van der Waals surface area (Å²) in [6, 6.07) is 0.658. The first-order valence-electron chi connectivity index (χ1n) is 5.91. The van der Waals surface area contributed by atoms with E-state index >= 15 is 0 Å². The molecule has 1 fully saturated rings. The van der Waals surface area contributed by atoms with Gasteiger partial charge in [0.2, 0.25) is 10.0 Å². The van der Waals surface area contributed by atoms with E-state index in [1.165, 1.54) is 6.26 Å². The quantitative estimate of drug-likeness (QED) is 0.790. The van der Waals surface area contributed by atoms with Crippen molar-refractivity contribution in [2.75, 3.05) is 6.26 Å². The van der Waals surface area contributed by atoms with E-state index in [9.17, 15) is 8.42 Å². The van der Waals surface area contributed by atoms with Crippen LogP contribution in [0.25, 0.3) is 0 Å². The molecule has 4 nitrogen and oxygen atoms in total. The Morgan fingerprint density at radius 1 is 1.00 bits per heavy atom. The van der Waals surface area contributed by atoms with Gasteiger partial charge in [-0.2, -0.15) is 0 Å². The van der Waals surface area contributed by atoms with E-state index in [1.807, 2.05) is 0 Å². The topological polar surface area (TPSA) is 58.2 Å². The molecule has 1 rings (SSSR count). The van der Waals surface area contributed by atoms with Gasteiger partial charge < -0.3 is 5.32 Å². The van der Waals surface area contributed by atoms with Gasteiger partial charge in [-0.3, -0.25) is 0 Å². The molecule has 0 atom stereocenters. The van der Waals surface area contributed by atoms with Crippen molar-refractivity contribution in [2.45, 2.75) is 64.1 Å². The predicted molar refractivity (Wildman–Crippen MR) is 66.9 cm³/mol. The Hall–Kier alpha value is -0.130. The van der Waals surface area contributed by atoms with Crippen molar-refractivity contribution in [3.63, 3.8) is 0 Å². The predicted octanol–water partition coefficient (Wildman–Crippen LogP) is 1.23. The summed E-state index contributed by atoms with van der Waals surface area (Å²) in [7, 11) is -3.05. The van der Waals surface area contributed by atoms with Crippen molar-refractivity contribution < 1.29 is 8.42 Å². The van der Waals surface area contributed by atoms with Crippen molar-refractivity contribution in [3.05, 3.63) is 0 Å². The Labute approximate surface area is 99.2 Å². The maximum atomic E-state index is 11.1. The van der Waals surface area contributed by atoms with Crippen LogP contribution in [0, 0.1) is 0 Å². The normalized spacial score (nSPS) is 28.0. The zero-order valence-corrected chi connectivity index (χ0v) is 11.5. The van der Waals surface area contributed by atoms with Crippen molar-refractivity contribution in [1.82, 2.24) is 10.0 Å². The summed E-state index contributed by atoms with van der Waals surface area (Å²) in [6.45, 7) is 6.48. The van der Waals surface area contributed by atoms with Gasteiger partial charge in [0.15, 0.2) is 0 Å². The van der Waals surface area contributed by atoms with Crippen molar-refractivity contribution >= 4 is 10.0 Å². The van der Waals surface area contributed by atoms with Crippen LogP contribution < -0.4 is 10.0 Å². The molecule has 0 spiro atoms. The number of sulfonamides is 1. The second-order valence-corrected chi connectivity index (χ2v) is 7.61. The lowest BCUT2D eigenvalue weighted by atomic mass is 9.90. The minimum atomic E-state index is -3.05. The summed E-state index contributed by atoms with van der Waals surface area (Å²) in [5.41, 5.74) is 0.141. The minimum absolute atomic E-state index is 0.132. The first-order chi connectivity index (χ1) is 7.16. The lowest BCUT2D eigenvalue weighted by Gasteiger charge is -2.34. The molecule has 5 heteroatoms. The molecule has 2 N–H and O–H groups in total. The summed E-state index contributed by atoms with van der Waals surface area (Å²) >= 11 is 0. The van der Waals surface area contributed by atoms with Crippen molar-refractivity contribution in [3.8, 4) is 0 Å². The van der Waals surface area contributed by atoms with Crippen LogP contribution in [0.5, 0.6) is 0 Å². The molecule has 16 heavy (non-hydrogen) atoms. The average molecular weight is 248 g/mol. The van der Waals surface area contributed by atoms with E-state index in [0.717, 1.165) is 25.7 Å². The largest absolute Gasteiger partial charge is 0.309 e. The molecule has 0 saturated heterocycles. The summed E-state index contributed by atoms with van der Waals surface area (Å²) in [5, 5.41) is 3.56. The number of hydrogen-bond acceptors (Lipinski definition) is 3. The molecule has 0 aliphatic heterocycles. The van der Waals surface area contributed by atoms with Crippen molar-refractivity contribution in [2.24, 2.45) is 0 Å². The van der Waals surface area contributed by atoms with Crippen LogP contribution in [-0.2, 0) is 10.0 Å². The highest BCUT2D eigenvalue weighted by Crippen LogP contribution is 2.21. The number of nitrogens with one attached hydrogen (secondary N) is 2. The number of hydrogen-bond donors (Lipinski definition) is 2. The highest BCUT2D eigenvalue weighted by molar-refractivity contribution is 7.88. The highest BCUT2D eigenvalue weighted by Gasteiger charge is 2.25. The van der Waals surface area contributed by atoms with Gasteiger partial charge in [-0.05, 0) is 46.5 Å². The fourth-order valence-corrected chi connectivity index (χ4v) is 3.11. The Balaban J connectivity index is 2.34. The standard InChI is InChI=1S/C11H24N2O2S/c1-11(2,3)12-9-5-7-10(8-6-9)13-16(4,14)15/h9-10,12-13H,5-8H2,1-4H3.